The van der Waals surface area contributed by atoms with Crippen molar-refractivity contribution < 1.29 is 13.2 Å². The van der Waals surface area contributed by atoms with Crippen molar-refractivity contribution in [3.63, 3.8) is 0 Å². The van der Waals surface area contributed by atoms with Crippen LogP contribution < -0.4 is 9.62 Å². The SMILES string of the molecule is Cc1ccccc1C(NC(=O)c1ccccc1N(Cc1ccccc1)S(C)(=O)=O)c1ccccc1. The first kappa shape index (κ1) is 24.2. The molecule has 1 unspecified atom stereocenters. The number of hydrogen-bond donors (Lipinski definition) is 1. The quantitative estimate of drug-likeness (QED) is 0.360. The van der Waals surface area contributed by atoms with Crippen molar-refractivity contribution >= 4 is 21.6 Å². The number of hydrogen-bond acceptors (Lipinski definition) is 3. The monoisotopic (exact) mass is 484 g/mol. The highest BCUT2D eigenvalue weighted by Gasteiger charge is 2.26. The molecule has 0 heterocycles. The van der Waals surface area contributed by atoms with Crippen molar-refractivity contribution in [3.05, 3.63) is 137 Å². The molecular formula is C29H28N2O3S. The number of carbonyl (C=O) groups is 1. The van der Waals surface area contributed by atoms with Gasteiger partial charge in [-0.2, -0.15) is 0 Å². The maximum absolute atomic E-state index is 13.7. The van der Waals surface area contributed by atoms with Gasteiger partial charge in [-0.05, 0) is 41.3 Å². The van der Waals surface area contributed by atoms with Crippen LogP contribution >= 0.6 is 0 Å². The van der Waals surface area contributed by atoms with Crippen molar-refractivity contribution in [2.75, 3.05) is 10.6 Å². The molecule has 6 heteroatoms. The van der Waals surface area contributed by atoms with Crippen LogP contribution in [0.2, 0.25) is 0 Å². The topological polar surface area (TPSA) is 66.5 Å². The summed E-state index contributed by atoms with van der Waals surface area (Å²) in [5, 5.41) is 3.16. The third-order valence-electron chi connectivity index (χ3n) is 5.89. The Labute approximate surface area is 207 Å². The normalized spacial score (nSPS) is 12.1. The zero-order chi connectivity index (χ0) is 24.8. The number of sulfonamides is 1. The van der Waals surface area contributed by atoms with E-state index in [-0.39, 0.29) is 12.5 Å². The Hall–Kier alpha value is -3.90. The van der Waals surface area contributed by atoms with E-state index in [4.69, 9.17) is 0 Å². The number of amides is 1. The minimum Gasteiger partial charge on any atom is -0.341 e. The molecule has 5 nitrogen and oxygen atoms in total. The van der Waals surface area contributed by atoms with E-state index in [1.807, 2.05) is 91.9 Å². The van der Waals surface area contributed by atoms with E-state index in [9.17, 15) is 13.2 Å². The minimum absolute atomic E-state index is 0.129. The van der Waals surface area contributed by atoms with Crippen molar-refractivity contribution in [2.45, 2.75) is 19.5 Å². The summed E-state index contributed by atoms with van der Waals surface area (Å²) in [5.41, 5.74) is 4.44. The van der Waals surface area contributed by atoms with Gasteiger partial charge in [0.1, 0.15) is 0 Å². The average molecular weight is 485 g/mol. The Morgan fingerprint density at radius 3 is 2.03 bits per heavy atom. The van der Waals surface area contributed by atoms with Gasteiger partial charge in [-0.15, -0.1) is 0 Å². The van der Waals surface area contributed by atoms with Gasteiger partial charge in [0, 0.05) is 0 Å². The number of carbonyl (C=O) groups excluding carboxylic acids is 1. The molecule has 1 amide bonds. The fraction of sp³-hybridized carbons (Fsp3) is 0.138. The maximum Gasteiger partial charge on any atom is 0.254 e. The van der Waals surface area contributed by atoms with Crippen LogP contribution in [0.3, 0.4) is 0 Å². The number of aryl methyl sites for hydroxylation is 1. The smallest absolute Gasteiger partial charge is 0.254 e. The van der Waals surface area contributed by atoms with Crippen molar-refractivity contribution in [3.8, 4) is 0 Å². The first-order chi connectivity index (χ1) is 16.8. The van der Waals surface area contributed by atoms with Gasteiger partial charge in [0.05, 0.1) is 30.1 Å². The molecule has 4 aromatic carbocycles. The lowest BCUT2D eigenvalue weighted by Crippen LogP contribution is -2.34. The van der Waals surface area contributed by atoms with Crippen LogP contribution in [0.5, 0.6) is 0 Å². The van der Waals surface area contributed by atoms with Crippen LogP contribution in [0, 0.1) is 6.92 Å². The summed E-state index contributed by atoms with van der Waals surface area (Å²) in [6.07, 6.45) is 1.16. The molecule has 35 heavy (non-hydrogen) atoms. The summed E-state index contributed by atoms with van der Waals surface area (Å²) in [7, 11) is -3.66. The van der Waals surface area contributed by atoms with Gasteiger partial charge in [0.25, 0.3) is 5.91 Å². The molecule has 0 aliphatic carbocycles. The zero-order valence-electron chi connectivity index (χ0n) is 19.8. The van der Waals surface area contributed by atoms with Gasteiger partial charge in [0.2, 0.25) is 10.0 Å². The molecular weight excluding hydrogens is 456 g/mol. The van der Waals surface area contributed by atoms with Gasteiger partial charge < -0.3 is 5.32 Å². The predicted molar refractivity (Wildman–Crippen MR) is 141 cm³/mol. The number of nitrogens with one attached hydrogen (secondary N) is 1. The average Bonchev–Trinajstić information content (AvgIpc) is 2.87. The second-order valence-corrected chi connectivity index (χ2v) is 10.4. The van der Waals surface area contributed by atoms with Crippen molar-refractivity contribution in [2.24, 2.45) is 0 Å². The predicted octanol–water partition coefficient (Wildman–Crippen LogP) is 5.48. The third-order valence-corrected chi connectivity index (χ3v) is 7.02. The lowest BCUT2D eigenvalue weighted by Gasteiger charge is -2.26. The fourth-order valence-electron chi connectivity index (χ4n) is 4.12. The second kappa shape index (κ2) is 10.6. The highest BCUT2D eigenvalue weighted by atomic mass is 32.2. The second-order valence-electron chi connectivity index (χ2n) is 8.45. The fourth-order valence-corrected chi connectivity index (χ4v) is 5.02. The Morgan fingerprint density at radius 2 is 1.37 bits per heavy atom. The van der Waals surface area contributed by atoms with E-state index in [2.05, 4.69) is 5.32 Å². The highest BCUT2D eigenvalue weighted by molar-refractivity contribution is 7.92. The summed E-state index contributed by atoms with van der Waals surface area (Å²) >= 11 is 0. The van der Waals surface area contributed by atoms with E-state index in [1.165, 1.54) is 4.31 Å². The lowest BCUT2D eigenvalue weighted by molar-refractivity contribution is 0.0943. The molecule has 0 spiro atoms. The van der Waals surface area contributed by atoms with Crippen LogP contribution in [0.1, 0.15) is 38.7 Å². The summed E-state index contributed by atoms with van der Waals surface area (Å²) in [6.45, 7) is 2.14. The van der Waals surface area contributed by atoms with E-state index in [1.54, 1.807) is 24.3 Å². The number of anilines is 1. The van der Waals surface area contributed by atoms with Crippen LogP contribution in [-0.2, 0) is 16.6 Å². The molecule has 1 N–H and O–H groups in total. The van der Waals surface area contributed by atoms with Crippen LogP contribution in [0.4, 0.5) is 5.69 Å². The largest absolute Gasteiger partial charge is 0.341 e. The lowest BCUT2D eigenvalue weighted by atomic mass is 9.94. The molecule has 0 saturated heterocycles. The molecule has 4 aromatic rings. The van der Waals surface area contributed by atoms with E-state index < -0.39 is 16.1 Å². The molecule has 0 aliphatic rings. The first-order valence-corrected chi connectivity index (χ1v) is 13.2. The van der Waals surface area contributed by atoms with Crippen LogP contribution in [-0.4, -0.2) is 20.6 Å². The Morgan fingerprint density at radius 1 is 0.800 bits per heavy atom. The number of nitrogens with zero attached hydrogens (tertiary/aromatic N) is 1. The first-order valence-electron chi connectivity index (χ1n) is 11.4. The van der Waals surface area contributed by atoms with E-state index in [0.29, 0.717) is 11.3 Å². The zero-order valence-corrected chi connectivity index (χ0v) is 20.6. The third kappa shape index (κ3) is 5.78. The van der Waals surface area contributed by atoms with Gasteiger partial charge in [-0.1, -0.05) is 97.1 Å². The Kier molecular flexibility index (Phi) is 7.32. The van der Waals surface area contributed by atoms with Gasteiger partial charge in [0.15, 0.2) is 0 Å². The molecule has 178 valence electrons. The molecule has 0 fully saturated rings. The number of rotatable bonds is 8. The van der Waals surface area contributed by atoms with Gasteiger partial charge in [-0.3, -0.25) is 9.10 Å². The number of para-hydroxylation sites is 1. The summed E-state index contributed by atoms with van der Waals surface area (Å²) in [4.78, 5) is 13.7. The maximum atomic E-state index is 13.7. The molecule has 0 radical (unpaired) electrons. The molecule has 4 rings (SSSR count). The summed E-state index contributed by atoms with van der Waals surface area (Å²) in [6, 6.07) is 33.4. The standard InChI is InChI=1S/C29H28N2O3S/c1-22-13-9-10-18-25(22)28(24-16-7-4-8-17-24)30-29(32)26-19-11-12-20-27(26)31(35(2,33)34)21-23-14-5-3-6-15-23/h3-20,28H,21H2,1-2H3,(H,30,32). The number of benzene rings is 4. The molecule has 0 saturated carbocycles. The van der Waals surface area contributed by atoms with Gasteiger partial charge in [-0.25, -0.2) is 8.42 Å². The van der Waals surface area contributed by atoms with Crippen molar-refractivity contribution in [1.29, 1.82) is 0 Å². The van der Waals surface area contributed by atoms with E-state index >= 15 is 0 Å². The van der Waals surface area contributed by atoms with E-state index in [0.717, 1.165) is 28.5 Å². The Bertz CT molecular complexity index is 1400. The Balaban J connectivity index is 1.73. The highest BCUT2D eigenvalue weighted by Crippen LogP contribution is 2.29. The van der Waals surface area contributed by atoms with Crippen LogP contribution in [0.25, 0.3) is 0 Å². The molecule has 0 aromatic heterocycles. The summed E-state index contributed by atoms with van der Waals surface area (Å²) < 4.78 is 26.9. The molecule has 0 aliphatic heterocycles. The minimum atomic E-state index is -3.66. The van der Waals surface area contributed by atoms with Gasteiger partial charge >= 0.3 is 0 Å². The molecule has 1 atom stereocenters. The van der Waals surface area contributed by atoms with Crippen LogP contribution in [0.15, 0.2) is 109 Å². The van der Waals surface area contributed by atoms with Crippen molar-refractivity contribution in [1.82, 2.24) is 5.32 Å². The summed E-state index contributed by atoms with van der Waals surface area (Å²) in [5.74, 6) is -0.348. The molecule has 0 bridgehead atoms.